The van der Waals surface area contributed by atoms with Crippen LogP contribution in [0.5, 0.6) is 11.5 Å². The molecule has 0 bridgehead atoms. The third-order valence-electron chi connectivity index (χ3n) is 3.48. The number of ether oxygens (including phenoxy) is 1. The molecule has 0 spiro atoms. The first-order valence-electron chi connectivity index (χ1n) is 6.73. The number of rotatable bonds is 3. The molecule has 0 amide bonds. The van der Waals surface area contributed by atoms with Gasteiger partial charge in [0, 0.05) is 5.56 Å². The quantitative estimate of drug-likeness (QED) is 0.778. The molecule has 21 heavy (non-hydrogen) atoms. The molecule has 0 fully saturated rings. The van der Waals surface area contributed by atoms with E-state index >= 15 is 0 Å². The van der Waals surface area contributed by atoms with E-state index in [0.717, 1.165) is 16.7 Å². The molecule has 2 rings (SSSR count). The van der Waals surface area contributed by atoms with Gasteiger partial charge in [-0.15, -0.1) is 0 Å². The van der Waals surface area contributed by atoms with Crippen LogP contribution in [0.4, 0.5) is 0 Å². The molecule has 3 heteroatoms. The van der Waals surface area contributed by atoms with E-state index in [9.17, 15) is 10.1 Å². The maximum absolute atomic E-state index is 11.6. The van der Waals surface area contributed by atoms with E-state index in [1.54, 1.807) is 6.07 Å². The standard InChI is InChI=1S/C18H17NO2/c1-11-7-8-15(9-16(11)14(4)20)21-18-13(3)6-5-12(2)17(18)10-19/h5-9H,1-4H3. The molecule has 0 saturated carbocycles. The van der Waals surface area contributed by atoms with Gasteiger partial charge in [0.25, 0.3) is 0 Å². The summed E-state index contributed by atoms with van der Waals surface area (Å²) in [6, 6.07) is 11.4. The molecule has 2 aromatic rings. The Hall–Kier alpha value is -2.60. The second-order valence-corrected chi connectivity index (χ2v) is 5.15. The first-order chi connectivity index (χ1) is 9.93. The molecule has 0 aliphatic heterocycles. The van der Waals surface area contributed by atoms with Crippen LogP contribution in [0.2, 0.25) is 0 Å². The third-order valence-corrected chi connectivity index (χ3v) is 3.48. The number of nitriles is 1. The molecule has 0 atom stereocenters. The highest BCUT2D eigenvalue weighted by Gasteiger charge is 2.12. The Morgan fingerprint density at radius 3 is 2.29 bits per heavy atom. The lowest BCUT2D eigenvalue weighted by Gasteiger charge is -2.13. The summed E-state index contributed by atoms with van der Waals surface area (Å²) in [5, 5.41) is 9.30. The minimum Gasteiger partial charge on any atom is -0.456 e. The minimum absolute atomic E-state index is 0.000536. The van der Waals surface area contributed by atoms with Gasteiger partial charge in [-0.1, -0.05) is 18.2 Å². The smallest absolute Gasteiger partial charge is 0.160 e. The Morgan fingerprint density at radius 2 is 1.67 bits per heavy atom. The van der Waals surface area contributed by atoms with Crippen molar-refractivity contribution in [2.75, 3.05) is 0 Å². The van der Waals surface area contributed by atoms with E-state index < -0.39 is 0 Å². The summed E-state index contributed by atoms with van der Waals surface area (Å²) >= 11 is 0. The normalized spacial score (nSPS) is 10.0. The van der Waals surface area contributed by atoms with Crippen molar-refractivity contribution in [2.45, 2.75) is 27.7 Å². The number of aryl methyl sites for hydroxylation is 3. The summed E-state index contributed by atoms with van der Waals surface area (Å²) < 4.78 is 5.88. The predicted octanol–water partition coefficient (Wildman–Crippen LogP) is 4.48. The molecule has 0 aliphatic carbocycles. The van der Waals surface area contributed by atoms with E-state index in [4.69, 9.17) is 4.74 Å². The van der Waals surface area contributed by atoms with Gasteiger partial charge in [0.05, 0.1) is 5.56 Å². The molecule has 0 aromatic heterocycles. The van der Waals surface area contributed by atoms with Crippen LogP contribution in [-0.2, 0) is 0 Å². The second-order valence-electron chi connectivity index (χ2n) is 5.15. The first kappa shape index (κ1) is 14.8. The topological polar surface area (TPSA) is 50.1 Å². The van der Waals surface area contributed by atoms with Gasteiger partial charge < -0.3 is 4.74 Å². The number of Topliss-reactive ketones (excluding diaryl/α,β-unsaturated/α-hetero) is 1. The summed E-state index contributed by atoms with van der Waals surface area (Å²) in [6.45, 7) is 7.19. The fraction of sp³-hybridized carbons (Fsp3) is 0.222. The lowest BCUT2D eigenvalue weighted by molar-refractivity contribution is 0.101. The monoisotopic (exact) mass is 279 g/mol. The largest absolute Gasteiger partial charge is 0.456 e. The van der Waals surface area contributed by atoms with E-state index in [2.05, 4.69) is 6.07 Å². The zero-order valence-electron chi connectivity index (χ0n) is 12.7. The van der Waals surface area contributed by atoms with Crippen molar-refractivity contribution in [1.82, 2.24) is 0 Å². The van der Waals surface area contributed by atoms with Crippen LogP contribution in [-0.4, -0.2) is 5.78 Å². The lowest BCUT2D eigenvalue weighted by atomic mass is 10.0. The average molecular weight is 279 g/mol. The Morgan fingerprint density at radius 1 is 1.05 bits per heavy atom. The zero-order valence-corrected chi connectivity index (χ0v) is 12.7. The van der Waals surface area contributed by atoms with Gasteiger partial charge in [-0.05, 0) is 56.5 Å². The SMILES string of the molecule is CC(=O)c1cc(Oc2c(C)ccc(C)c2C#N)ccc1C. The number of nitrogens with zero attached hydrogens (tertiary/aromatic N) is 1. The summed E-state index contributed by atoms with van der Waals surface area (Å²) in [5.74, 6) is 1.12. The second kappa shape index (κ2) is 5.80. The summed E-state index contributed by atoms with van der Waals surface area (Å²) in [4.78, 5) is 11.6. The van der Waals surface area contributed by atoms with E-state index in [0.29, 0.717) is 22.6 Å². The fourth-order valence-corrected chi connectivity index (χ4v) is 2.22. The highest BCUT2D eigenvalue weighted by atomic mass is 16.5. The van der Waals surface area contributed by atoms with Crippen LogP contribution in [0.1, 0.15) is 39.5 Å². The van der Waals surface area contributed by atoms with Crippen molar-refractivity contribution < 1.29 is 9.53 Å². The van der Waals surface area contributed by atoms with Crippen molar-refractivity contribution in [3.63, 3.8) is 0 Å². The average Bonchev–Trinajstić information content (AvgIpc) is 2.44. The third kappa shape index (κ3) is 2.95. The van der Waals surface area contributed by atoms with Crippen molar-refractivity contribution in [3.05, 3.63) is 58.1 Å². The van der Waals surface area contributed by atoms with E-state index in [1.807, 2.05) is 45.0 Å². The Kier molecular flexibility index (Phi) is 4.09. The van der Waals surface area contributed by atoms with Crippen LogP contribution in [0.15, 0.2) is 30.3 Å². The van der Waals surface area contributed by atoms with Crippen LogP contribution >= 0.6 is 0 Å². The van der Waals surface area contributed by atoms with Crippen molar-refractivity contribution in [2.24, 2.45) is 0 Å². The Bertz CT molecular complexity index is 755. The molecule has 0 N–H and O–H groups in total. The highest BCUT2D eigenvalue weighted by Crippen LogP contribution is 2.31. The number of carbonyl (C=O) groups is 1. The molecule has 0 saturated heterocycles. The van der Waals surface area contributed by atoms with Gasteiger partial charge in [0.15, 0.2) is 5.78 Å². The van der Waals surface area contributed by atoms with Gasteiger partial charge in [0.2, 0.25) is 0 Å². The Labute approximate surface area is 124 Å². The van der Waals surface area contributed by atoms with Gasteiger partial charge in [-0.3, -0.25) is 4.79 Å². The lowest BCUT2D eigenvalue weighted by Crippen LogP contribution is -1.98. The molecular formula is C18H17NO2. The first-order valence-corrected chi connectivity index (χ1v) is 6.73. The van der Waals surface area contributed by atoms with Crippen molar-refractivity contribution in [1.29, 1.82) is 5.26 Å². The molecule has 0 radical (unpaired) electrons. The molecule has 0 heterocycles. The number of benzene rings is 2. The van der Waals surface area contributed by atoms with E-state index in [-0.39, 0.29) is 5.78 Å². The number of ketones is 1. The number of hydrogen-bond acceptors (Lipinski definition) is 3. The molecule has 0 unspecified atom stereocenters. The summed E-state index contributed by atoms with van der Waals surface area (Å²) in [6.07, 6.45) is 0. The van der Waals surface area contributed by atoms with E-state index in [1.165, 1.54) is 6.92 Å². The Balaban J connectivity index is 2.49. The van der Waals surface area contributed by atoms with Crippen LogP contribution in [0, 0.1) is 32.1 Å². The van der Waals surface area contributed by atoms with Gasteiger partial charge >= 0.3 is 0 Å². The van der Waals surface area contributed by atoms with Gasteiger partial charge in [-0.2, -0.15) is 5.26 Å². The van der Waals surface area contributed by atoms with Crippen LogP contribution in [0.3, 0.4) is 0 Å². The summed E-state index contributed by atoms with van der Waals surface area (Å²) in [7, 11) is 0. The van der Waals surface area contributed by atoms with Crippen LogP contribution in [0.25, 0.3) is 0 Å². The van der Waals surface area contributed by atoms with Gasteiger partial charge in [0.1, 0.15) is 17.6 Å². The number of hydrogen-bond donors (Lipinski definition) is 0. The fourth-order valence-electron chi connectivity index (χ4n) is 2.22. The molecular weight excluding hydrogens is 262 g/mol. The minimum atomic E-state index is -0.000536. The molecule has 3 nitrogen and oxygen atoms in total. The zero-order chi connectivity index (χ0) is 15.6. The molecule has 0 aliphatic rings. The predicted molar refractivity (Wildman–Crippen MR) is 81.9 cm³/mol. The van der Waals surface area contributed by atoms with Crippen LogP contribution < -0.4 is 4.74 Å². The maximum atomic E-state index is 11.6. The highest BCUT2D eigenvalue weighted by molar-refractivity contribution is 5.95. The number of carbonyl (C=O) groups excluding carboxylic acids is 1. The molecule has 106 valence electrons. The summed E-state index contributed by atoms with van der Waals surface area (Å²) in [5.41, 5.74) is 3.84. The van der Waals surface area contributed by atoms with Crippen molar-refractivity contribution in [3.8, 4) is 17.6 Å². The molecule has 2 aromatic carbocycles. The van der Waals surface area contributed by atoms with Gasteiger partial charge in [-0.25, -0.2) is 0 Å². The van der Waals surface area contributed by atoms with Crippen molar-refractivity contribution >= 4 is 5.78 Å². The maximum Gasteiger partial charge on any atom is 0.160 e.